The Labute approximate surface area is 123 Å². The molecule has 1 aromatic carbocycles. The standard InChI is InChI=1S/C18H28FN/c1-3-5-14-8-11-18(20-4-2)16(12-14)13-15-6-9-17(19)10-7-15/h6-7,9-10,14,16,18,20H,3-5,8,11-13H2,1-2H3. The maximum absolute atomic E-state index is 13.0. The van der Waals surface area contributed by atoms with Gasteiger partial charge in [-0.1, -0.05) is 38.8 Å². The van der Waals surface area contributed by atoms with Gasteiger partial charge in [0.15, 0.2) is 0 Å². The molecule has 2 rings (SSSR count). The monoisotopic (exact) mass is 277 g/mol. The Morgan fingerprint density at radius 1 is 1.15 bits per heavy atom. The van der Waals surface area contributed by atoms with Crippen LogP contribution in [0.5, 0.6) is 0 Å². The van der Waals surface area contributed by atoms with Gasteiger partial charge < -0.3 is 5.32 Å². The first-order chi connectivity index (χ1) is 9.72. The molecule has 0 radical (unpaired) electrons. The first kappa shape index (κ1) is 15.5. The van der Waals surface area contributed by atoms with Crippen molar-refractivity contribution in [3.63, 3.8) is 0 Å². The first-order valence-electron chi connectivity index (χ1n) is 8.20. The van der Waals surface area contributed by atoms with Crippen LogP contribution in [0, 0.1) is 17.7 Å². The Balaban J connectivity index is 2.00. The quantitative estimate of drug-likeness (QED) is 0.803. The second-order valence-corrected chi connectivity index (χ2v) is 6.22. The Morgan fingerprint density at radius 3 is 2.55 bits per heavy atom. The highest BCUT2D eigenvalue weighted by Gasteiger charge is 2.29. The van der Waals surface area contributed by atoms with Crippen molar-refractivity contribution in [2.45, 2.75) is 58.4 Å². The lowest BCUT2D eigenvalue weighted by atomic mass is 9.74. The molecule has 0 heterocycles. The van der Waals surface area contributed by atoms with E-state index in [0.29, 0.717) is 12.0 Å². The minimum atomic E-state index is -0.135. The fourth-order valence-corrected chi connectivity index (χ4v) is 3.71. The summed E-state index contributed by atoms with van der Waals surface area (Å²) < 4.78 is 13.0. The van der Waals surface area contributed by atoms with Gasteiger partial charge in [0, 0.05) is 6.04 Å². The Kier molecular flexibility index (Phi) is 6.03. The van der Waals surface area contributed by atoms with Gasteiger partial charge in [-0.05, 0) is 61.8 Å². The predicted molar refractivity (Wildman–Crippen MR) is 83.3 cm³/mol. The van der Waals surface area contributed by atoms with Crippen LogP contribution in [-0.4, -0.2) is 12.6 Å². The van der Waals surface area contributed by atoms with E-state index >= 15 is 0 Å². The molecule has 0 amide bonds. The predicted octanol–water partition coefficient (Wildman–Crippen LogP) is 4.56. The summed E-state index contributed by atoms with van der Waals surface area (Å²) in [4.78, 5) is 0. The van der Waals surface area contributed by atoms with E-state index in [9.17, 15) is 4.39 Å². The molecule has 0 spiro atoms. The molecule has 0 saturated heterocycles. The lowest BCUT2D eigenvalue weighted by Crippen LogP contribution is -2.41. The van der Waals surface area contributed by atoms with Crippen molar-refractivity contribution in [2.75, 3.05) is 6.54 Å². The third kappa shape index (κ3) is 4.31. The van der Waals surface area contributed by atoms with Crippen molar-refractivity contribution in [1.82, 2.24) is 5.32 Å². The molecule has 0 bridgehead atoms. The highest BCUT2D eigenvalue weighted by Crippen LogP contribution is 2.34. The number of halogens is 1. The van der Waals surface area contributed by atoms with E-state index < -0.39 is 0 Å². The third-order valence-electron chi connectivity index (χ3n) is 4.67. The van der Waals surface area contributed by atoms with Crippen molar-refractivity contribution >= 4 is 0 Å². The van der Waals surface area contributed by atoms with E-state index in [4.69, 9.17) is 0 Å². The molecule has 1 fully saturated rings. The van der Waals surface area contributed by atoms with Crippen LogP contribution in [-0.2, 0) is 6.42 Å². The average molecular weight is 277 g/mol. The maximum Gasteiger partial charge on any atom is 0.123 e. The van der Waals surface area contributed by atoms with Crippen LogP contribution >= 0.6 is 0 Å². The van der Waals surface area contributed by atoms with Crippen molar-refractivity contribution in [2.24, 2.45) is 11.8 Å². The summed E-state index contributed by atoms with van der Waals surface area (Å²) in [6.07, 6.45) is 7.72. The van der Waals surface area contributed by atoms with E-state index in [1.54, 1.807) is 12.1 Å². The largest absolute Gasteiger partial charge is 0.314 e. The van der Waals surface area contributed by atoms with Crippen LogP contribution in [0.4, 0.5) is 4.39 Å². The van der Waals surface area contributed by atoms with Crippen molar-refractivity contribution in [1.29, 1.82) is 0 Å². The zero-order valence-electron chi connectivity index (χ0n) is 12.9. The molecule has 1 nitrogen and oxygen atoms in total. The fourth-order valence-electron chi connectivity index (χ4n) is 3.71. The molecule has 1 aliphatic carbocycles. The molecule has 2 heteroatoms. The maximum atomic E-state index is 13.0. The highest BCUT2D eigenvalue weighted by molar-refractivity contribution is 5.17. The summed E-state index contributed by atoms with van der Waals surface area (Å²) in [7, 11) is 0. The van der Waals surface area contributed by atoms with Gasteiger partial charge in [-0.2, -0.15) is 0 Å². The van der Waals surface area contributed by atoms with Gasteiger partial charge in [-0.15, -0.1) is 0 Å². The molecule has 1 aromatic rings. The molecular formula is C18H28FN. The molecule has 0 aromatic heterocycles. The van der Waals surface area contributed by atoms with Crippen molar-refractivity contribution < 1.29 is 4.39 Å². The Hall–Kier alpha value is -0.890. The number of benzene rings is 1. The number of nitrogens with one attached hydrogen (secondary N) is 1. The molecular weight excluding hydrogens is 249 g/mol. The second-order valence-electron chi connectivity index (χ2n) is 6.22. The van der Waals surface area contributed by atoms with E-state index in [1.807, 2.05) is 12.1 Å². The van der Waals surface area contributed by atoms with Crippen LogP contribution in [0.25, 0.3) is 0 Å². The lowest BCUT2D eigenvalue weighted by Gasteiger charge is -2.37. The molecule has 1 N–H and O–H groups in total. The summed E-state index contributed by atoms with van der Waals surface area (Å²) in [5.74, 6) is 1.45. The minimum Gasteiger partial charge on any atom is -0.314 e. The summed E-state index contributed by atoms with van der Waals surface area (Å²) >= 11 is 0. The van der Waals surface area contributed by atoms with Gasteiger partial charge in [0.1, 0.15) is 5.82 Å². The summed E-state index contributed by atoms with van der Waals surface area (Å²) in [6.45, 7) is 5.52. The molecule has 112 valence electrons. The highest BCUT2D eigenvalue weighted by atomic mass is 19.1. The number of hydrogen-bond acceptors (Lipinski definition) is 1. The summed E-state index contributed by atoms with van der Waals surface area (Å²) in [5, 5.41) is 3.65. The second kappa shape index (κ2) is 7.78. The van der Waals surface area contributed by atoms with Gasteiger partial charge in [0.25, 0.3) is 0 Å². The van der Waals surface area contributed by atoms with E-state index in [0.717, 1.165) is 18.9 Å². The first-order valence-corrected chi connectivity index (χ1v) is 8.20. The molecule has 1 aliphatic rings. The summed E-state index contributed by atoms with van der Waals surface area (Å²) in [5.41, 5.74) is 1.27. The van der Waals surface area contributed by atoms with Gasteiger partial charge in [-0.3, -0.25) is 0 Å². The molecule has 0 aliphatic heterocycles. The van der Waals surface area contributed by atoms with Crippen LogP contribution in [0.2, 0.25) is 0 Å². The van der Waals surface area contributed by atoms with Crippen LogP contribution < -0.4 is 5.32 Å². The van der Waals surface area contributed by atoms with Crippen LogP contribution in [0.3, 0.4) is 0 Å². The van der Waals surface area contributed by atoms with E-state index in [-0.39, 0.29) is 5.82 Å². The van der Waals surface area contributed by atoms with Gasteiger partial charge in [-0.25, -0.2) is 4.39 Å². The smallest absolute Gasteiger partial charge is 0.123 e. The normalized spacial score (nSPS) is 26.6. The van der Waals surface area contributed by atoms with Crippen LogP contribution in [0.15, 0.2) is 24.3 Å². The molecule has 3 atom stereocenters. The molecule has 1 saturated carbocycles. The molecule has 20 heavy (non-hydrogen) atoms. The number of hydrogen-bond donors (Lipinski definition) is 1. The topological polar surface area (TPSA) is 12.0 Å². The van der Waals surface area contributed by atoms with E-state index in [1.165, 1.54) is 37.7 Å². The van der Waals surface area contributed by atoms with Crippen molar-refractivity contribution in [3.8, 4) is 0 Å². The Bertz CT molecular complexity index is 387. The van der Waals surface area contributed by atoms with Crippen molar-refractivity contribution in [3.05, 3.63) is 35.6 Å². The average Bonchev–Trinajstić information content (AvgIpc) is 2.45. The summed E-state index contributed by atoms with van der Waals surface area (Å²) in [6, 6.07) is 7.70. The minimum absolute atomic E-state index is 0.135. The third-order valence-corrected chi connectivity index (χ3v) is 4.67. The lowest BCUT2D eigenvalue weighted by molar-refractivity contribution is 0.195. The molecule has 3 unspecified atom stereocenters. The van der Waals surface area contributed by atoms with Gasteiger partial charge in [0.05, 0.1) is 0 Å². The zero-order chi connectivity index (χ0) is 14.4. The number of rotatable bonds is 6. The zero-order valence-corrected chi connectivity index (χ0v) is 12.9. The van der Waals surface area contributed by atoms with Gasteiger partial charge in [0.2, 0.25) is 0 Å². The van der Waals surface area contributed by atoms with Crippen LogP contribution in [0.1, 0.15) is 51.5 Å². The Morgan fingerprint density at radius 2 is 1.90 bits per heavy atom. The fraction of sp³-hybridized carbons (Fsp3) is 0.667. The SMILES string of the molecule is CCCC1CCC(NCC)C(Cc2ccc(F)cc2)C1. The van der Waals surface area contributed by atoms with E-state index in [2.05, 4.69) is 19.2 Å². The van der Waals surface area contributed by atoms with Gasteiger partial charge >= 0.3 is 0 Å².